The minimum atomic E-state index is 0.0867. The maximum absolute atomic E-state index is 4.74. The summed E-state index contributed by atoms with van der Waals surface area (Å²) < 4.78 is 0. The van der Waals surface area contributed by atoms with Crippen LogP contribution in [-0.4, -0.2) is 15.0 Å². The lowest BCUT2D eigenvalue weighted by Gasteiger charge is -2.20. The molecule has 5 rings (SSSR count). The van der Waals surface area contributed by atoms with Gasteiger partial charge in [-0.1, -0.05) is 81.4 Å². The van der Waals surface area contributed by atoms with Crippen LogP contribution < -0.4 is 0 Å². The minimum Gasteiger partial charge on any atom is -0.256 e. The van der Waals surface area contributed by atoms with Crippen molar-refractivity contribution in [2.45, 2.75) is 26.2 Å². The van der Waals surface area contributed by atoms with Gasteiger partial charge in [0.05, 0.1) is 16.7 Å². The molecule has 0 aliphatic rings. The molecule has 32 heavy (non-hydrogen) atoms. The van der Waals surface area contributed by atoms with Gasteiger partial charge in [0, 0.05) is 35.3 Å². The van der Waals surface area contributed by atoms with Crippen molar-refractivity contribution in [2.24, 2.45) is 0 Å². The smallest absolute Gasteiger partial charge is 0.0971 e. The third-order valence-electron chi connectivity index (χ3n) is 5.80. The van der Waals surface area contributed by atoms with Crippen molar-refractivity contribution in [1.29, 1.82) is 0 Å². The lowest BCUT2D eigenvalue weighted by Crippen LogP contribution is -2.10. The highest BCUT2D eigenvalue weighted by molar-refractivity contribution is 6.00. The number of rotatable bonds is 3. The summed E-state index contributed by atoms with van der Waals surface area (Å²) in [5.74, 6) is 0. The fraction of sp³-hybridized carbons (Fsp3) is 0.138. The van der Waals surface area contributed by atoms with Crippen LogP contribution in [0.4, 0.5) is 0 Å². The van der Waals surface area contributed by atoms with E-state index in [1.54, 1.807) is 12.4 Å². The number of fused-ring (bicyclic) bond motifs is 1. The molecule has 156 valence electrons. The van der Waals surface area contributed by atoms with Gasteiger partial charge in [0.25, 0.3) is 0 Å². The van der Waals surface area contributed by atoms with E-state index in [1.807, 2.05) is 24.4 Å². The van der Waals surface area contributed by atoms with Gasteiger partial charge >= 0.3 is 0 Å². The average molecular weight is 416 g/mol. The molecule has 0 aliphatic carbocycles. The Balaban J connectivity index is 1.66. The summed E-state index contributed by atoms with van der Waals surface area (Å²) in [5.41, 5.74) is 9.70. The van der Waals surface area contributed by atoms with Gasteiger partial charge in [0.1, 0.15) is 0 Å². The van der Waals surface area contributed by atoms with E-state index in [2.05, 4.69) is 86.4 Å². The van der Waals surface area contributed by atoms with Crippen molar-refractivity contribution < 1.29 is 0 Å². The molecule has 0 unspecified atom stereocenters. The summed E-state index contributed by atoms with van der Waals surface area (Å²) in [4.78, 5) is 14.0. The Morgan fingerprint density at radius 3 is 1.78 bits per heavy atom. The Morgan fingerprint density at radius 1 is 0.531 bits per heavy atom. The van der Waals surface area contributed by atoms with Crippen LogP contribution in [0.2, 0.25) is 0 Å². The van der Waals surface area contributed by atoms with Crippen LogP contribution in [0.3, 0.4) is 0 Å². The molecule has 0 bridgehead atoms. The predicted octanol–water partition coefficient (Wildman–Crippen LogP) is 7.32. The molecule has 0 spiro atoms. The molecule has 3 aromatic carbocycles. The average Bonchev–Trinajstić information content (AvgIpc) is 2.83. The maximum Gasteiger partial charge on any atom is 0.0971 e. The van der Waals surface area contributed by atoms with Gasteiger partial charge in [-0.05, 0) is 40.3 Å². The molecule has 3 heteroatoms. The Kier molecular flexibility index (Phi) is 5.02. The molecule has 0 fully saturated rings. The number of hydrogen-bond donors (Lipinski definition) is 0. The van der Waals surface area contributed by atoms with E-state index in [1.165, 1.54) is 5.56 Å². The molecule has 2 heterocycles. The monoisotopic (exact) mass is 415 g/mol. The predicted molar refractivity (Wildman–Crippen MR) is 132 cm³/mol. The highest BCUT2D eigenvalue weighted by Crippen LogP contribution is 2.36. The topological polar surface area (TPSA) is 38.7 Å². The molecular formula is C29H25N3. The molecule has 0 N–H and O–H groups in total. The Bertz CT molecular complexity index is 1400. The van der Waals surface area contributed by atoms with Gasteiger partial charge < -0.3 is 0 Å². The largest absolute Gasteiger partial charge is 0.256 e. The fourth-order valence-electron chi connectivity index (χ4n) is 4.06. The number of hydrogen-bond acceptors (Lipinski definition) is 3. The molecule has 0 aliphatic heterocycles. The Labute approximate surface area is 188 Å². The highest BCUT2D eigenvalue weighted by Gasteiger charge is 2.16. The summed E-state index contributed by atoms with van der Waals surface area (Å²) in [6.07, 6.45) is 5.36. The fourth-order valence-corrected chi connectivity index (χ4v) is 4.06. The third-order valence-corrected chi connectivity index (χ3v) is 5.80. The van der Waals surface area contributed by atoms with Gasteiger partial charge in [-0.2, -0.15) is 0 Å². The van der Waals surface area contributed by atoms with Crippen LogP contribution in [0.1, 0.15) is 26.3 Å². The minimum absolute atomic E-state index is 0.0867. The first-order chi connectivity index (χ1) is 15.5. The van der Waals surface area contributed by atoms with Crippen LogP contribution in [0.5, 0.6) is 0 Å². The van der Waals surface area contributed by atoms with E-state index in [-0.39, 0.29) is 5.41 Å². The first-order valence-corrected chi connectivity index (χ1v) is 10.9. The quantitative estimate of drug-likeness (QED) is 0.310. The lowest BCUT2D eigenvalue weighted by atomic mass is 9.85. The van der Waals surface area contributed by atoms with Crippen molar-refractivity contribution in [3.05, 3.63) is 103 Å². The number of benzene rings is 3. The summed E-state index contributed by atoms with van der Waals surface area (Å²) in [5, 5.41) is 0. The lowest BCUT2D eigenvalue weighted by molar-refractivity contribution is 0.590. The standard InChI is InChI=1S/C29H25N3/c1-29(2,3)23-11-7-9-21(19-23)25-14-13-24(27-28(25)32-17-16-31-27)20-8-6-10-22(18-20)26-12-4-5-15-30-26/h4-19H,1-3H3. The zero-order chi connectivity index (χ0) is 22.1. The van der Waals surface area contributed by atoms with Gasteiger partial charge in [0.2, 0.25) is 0 Å². The van der Waals surface area contributed by atoms with Crippen LogP contribution in [0, 0.1) is 0 Å². The zero-order valence-corrected chi connectivity index (χ0v) is 18.6. The van der Waals surface area contributed by atoms with Crippen LogP contribution in [0.25, 0.3) is 44.5 Å². The Morgan fingerprint density at radius 2 is 1.16 bits per heavy atom. The first-order valence-electron chi connectivity index (χ1n) is 10.9. The van der Waals surface area contributed by atoms with Crippen LogP contribution in [0.15, 0.2) is 97.5 Å². The van der Waals surface area contributed by atoms with Crippen molar-refractivity contribution in [3.63, 3.8) is 0 Å². The molecular weight excluding hydrogens is 390 g/mol. The van der Waals surface area contributed by atoms with E-state index in [0.29, 0.717) is 0 Å². The van der Waals surface area contributed by atoms with E-state index >= 15 is 0 Å². The maximum atomic E-state index is 4.74. The normalized spacial score (nSPS) is 11.6. The summed E-state index contributed by atoms with van der Waals surface area (Å²) in [7, 11) is 0. The molecule has 0 atom stereocenters. The van der Waals surface area contributed by atoms with Gasteiger partial charge in [0.15, 0.2) is 0 Å². The molecule has 3 nitrogen and oxygen atoms in total. The van der Waals surface area contributed by atoms with E-state index < -0.39 is 0 Å². The molecule has 0 radical (unpaired) electrons. The van der Waals surface area contributed by atoms with E-state index in [4.69, 9.17) is 9.97 Å². The summed E-state index contributed by atoms with van der Waals surface area (Å²) in [6.45, 7) is 6.71. The summed E-state index contributed by atoms with van der Waals surface area (Å²) >= 11 is 0. The van der Waals surface area contributed by atoms with Crippen molar-refractivity contribution >= 4 is 11.0 Å². The molecule has 0 saturated heterocycles. The van der Waals surface area contributed by atoms with Crippen molar-refractivity contribution in [2.75, 3.05) is 0 Å². The Hall–Kier alpha value is -3.85. The number of nitrogens with zero attached hydrogens (tertiary/aromatic N) is 3. The second kappa shape index (κ2) is 8.01. The second-order valence-electron chi connectivity index (χ2n) is 9.04. The SMILES string of the molecule is CC(C)(C)c1cccc(-c2ccc(-c3cccc(-c4ccccn4)c3)c3nccnc23)c1. The van der Waals surface area contributed by atoms with Crippen molar-refractivity contribution in [3.8, 4) is 33.5 Å². The van der Waals surface area contributed by atoms with E-state index in [9.17, 15) is 0 Å². The third kappa shape index (κ3) is 3.78. The molecule has 2 aromatic heterocycles. The molecule has 0 saturated carbocycles. The number of aromatic nitrogens is 3. The van der Waals surface area contributed by atoms with E-state index in [0.717, 1.165) is 44.5 Å². The van der Waals surface area contributed by atoms with Gasteiger partial charge in [-0.3, -0.25) is 15.0 Å². The highest BCUT2D eigenvalue weighted by atomic mass is 14.8. The molecule has 5 aromatic rings. The summed E-state index contributed by atoms with van der Waals surface area (Å²) in [6, 6.07) is 27.5. The number of pyridine rings is 1. The molecule has 0 amide bonds. The van der Waals surface area contributed by atoms with Crippen LogP contribution >= 0.6 is 0 Å². The zero-order valence-electron chi connectivity index (χ0n) is 18.6. The van der Waals surface area contributed by atoms with Crippen LogP contribution in [-0.2, 0) is 5.41 Å². The van der Waals surface area contributed by atoms with Gasteiger partial charge in [-0.15, -0.1) is 0 Å². The first kappa shape index (κ1) is 20.1. The second-order valence-corrected chi connectivity index (χ2v) is 9.04. The van der Waals surface area contributed by atoms with Gasteiger partial charge in [-0.25, -0.2) is 0 Å². The van der Waals surface area contributed by atoms with Crippen molar-refractivity contribution in [1.82, 2.24) is 15.0 Å².